The van der Waals surface area contributed by atoms with E-state index in [4.69, 9.17) is 13.9 Å². The third-order valence-electron chi connectivity index (χ3n) is 4.44. The van der Waals surface area contributed by atoms with E-state index in [2.05, 4.69) is 10.1 Å². The van der Waals surface area contributed by atoms with Crippen LogP contribution in [0.25, 0.3) is 10.2 Å². The van der Waals surface area contributed by atoms with Crippen LogP contribution < -0.4 is 10.3 Å². The van der Waals surface area contributed by atoms with Gasteiger partial charge in [0.2, 0.25) is 5.76 Å². The molecule has 0 saturated heterocycles. The number of esters is 2. The third kappa shape index (κ3) is 4.21. The Morgan fingerprint density at radius 1 is 1.22 bits per heavy atom. The van der Waals surface area contributed by atoms with Gasteiger partial charge in [-0.15, -0.1) is 11.3 Å². The largest absolute Gasteiger partial charge is 0.462 e. The zero-order chi connectivity index (χ0) is 22.7. The summed E-state index contributed by atoms with van der Waals surface area (Å²) in [5, 5.41) is 4.50. The van der Waals surface area contributed by atoms with Gasteiger partial charge >= 0.3 is 11.9 Å². The molecule has 0 radical (unpaired) electrons. The molecule has 0 spiro atoms. The van der Waals surface area contributed by atoms with Crippen molar-refractivity contribution in [3.63, 3.8) is 0 Å². The summed E-state index contributed by atoms with van der Waals surface area (Å²) in [6, 6.07) is 9.67. The molecule has 0 bridgehead atoms. The summed E-state index contributed by atoms with van der Waals surface area (Å²) in [5.41, 5.74) is 0.803. The second-order valence-corrected chi connectivity index (χ2v) is 7.53. The molecule has 3 aromatic heterocycles. The van der Waals surface area contributed by atoms with Gasteiger partial charge in [-0.2, -0.15) is 9.78 Å². The van der Waals surface area contributed by atoms with Crippen molar-refractivity contribution >= 4 is 39.7 Å². The summed E-state index contributed by atoms with van der Waals surface area (Å²) in [7, 11) is 0. The lowest BCUT2D eigenvalue weighted by atomic mass is 10.2. The third-order valence-corrected chi connectivity index (χ3v) is 5.62. The Hall–Kier alpha value is -4.05. The van der Waals surface area contributed by atoms with Gasteiger partial charge < -0.3 is 13.9 Å². The topological polar surface area (TPSA) is 113 Å². The number of aromatic nitrogens is 2. The number of hydrogen-bond donors (Lipinski definition) is 0. The summed E-state index contributed by atoms with van der Waals surface area (Å²) in [4.78, 5) is 41.9. The average molecular weight is 451 g/mol. The van der Waals surface area contributed by atoms with E-state index < -0.39 is 11.9 Å². The van der Waals surface area contributed by atoms with E-state index >= 15 is 0 Å². The standard InChI is InChI=1S/C22H17N3O6S/c1-3-29-22(28)18-13(2)17-19(32-18)23-12-25(20(17)26)24-11-14-6-8-15(9-7-14)31-21(27)16-5-4-10-30-16/h4-12H,3H2,1-2H3/b24-11-. The monoisotopic (exact) mass is 451 g/mol. The van der Waals surface area contributed by atoms with Gasteiger partial charge in [-0.25, -0.2) is 14.6 Å². The first-order valence-corrected chi connectivity index (χ1v) is 10.4. The molecule has 10 heteroatoms. The Kier molecular flexibility index (Phi) is 5.95. The molecule has 0 N–H and O–H groups in total. The summed E-state index contributed by atoms with van der Waals surface area (Å²) in [6.07, 6.45) is 4.16. The number of nitrogens with zero attached hydrogens (tertiary/aromatic N) is 3. The second kappa shape index (κ2) is 8.98. The molecule has 4 aromatic rings. The maximum absolute atomic E-state index is 12.8. The number of thiophene rings is 1. The molecule has 4 rings (SSSR count). The minimum Gasteiger partial charge on any atom is -0.462 e. The first-order chi connectivity index (χ1) is 15.5. The number of fused-ring (bicyclic) bond motifs is 1. The van der Waals surface area contributed by atoms with Gasteiger partial charge in [0.15, 0.2) is 0 Å². The van der Waals surface area contributed by atoms with Crippen LogP contribution in [-0.2, 0) is 4.74 Å². The normalized spacial score (nSPS) is 11.2. The Bertz CT molecular complexity index is 1370. The molecule has 0 aliphatic heterocycles. The van der Waals surface area contributed by atoms with Crippen LogP contribution in [-0.4, -0.2) is 34.4 Å². The molecular formula is C22H17N3O6S. The SMILES string of the molecule is CCOC(=O)c1sc2ncn(/N=C\c3ccc(OC(=O)c4ccco4)cc3)c(=O)c2c1C. The maximum atomic E-state index is 12.8. The lowest BCUT2D eigenvalue weighted by Gasteiger charge is -2.02. The second-order valence-electron chi connectivity index (χ2n) is 6.53. The van der Waals surface area contributed by atoms with Crippen molar-refractivity contribution in [2.75, 3.05) is 6.61 Å². The zero-order valence-corrected chi connectivity index (χ0v) is 17.9. The van der Waals surface area contributed by atoms with E-state index in [9.17, 15) is 14.4 Å². The van der Waals surface area contributed by atoms with Crippen LogP contribution in [0.15, 0.2) is 63.3 Å². The van der Waals surface area contributed by atoms with Crippen LogP contribution in [0.5, 0.6) is 5.75 Å². The number of carbonyl (C=O) groups is 2. The number of aryl methyl sites for hydroxylation is 1. The van der Waals surface area contributed by atoms with Gasteiger partial charge in [-0.05, 0) is 61.4 Å². The van der Waals surface area contributed by atoms with E-state index in [1.54, 1.807) is 44.2 Å². The lowest BCUT2D eigenvalue weighted by Crippen LogP contribution is -2.17. The first kappa shape index (κ1) is 21.2. The molecule has 0 aliphatic carbocycles. The van der Waals surface area contributed by atoms with E-state index in [1.807, 2.05) is 0 Å². The Morgan fingerprint density at radius 2 is 2.00 bits per heavy atom. The molecule has 162 valence electrons. The number of carbonyl (C=O) groups excluding carboxylic acids is 2. The number of benzene rings is 1. The van der Waals surface area contributed by atoms with Crippen molar-refractivity contribution in [2.45, 2.75) is 13.8 Å². The van der Waals surface area contributed by atoms with Crippen LogP contribution in [0, 0.1) is 6.92 Å². The quantitative estimate of drug-likeness (QED) is 0.250. The molecule has 0 aliphatic rings. The summed E-state index contributed by atoms with van der Waals surface area (Å²) >= 11 is 1.12. The lowest BCUT2D eigenvalue weighted by molar-refractivity contribution is 0.0531. The van der Waals surface area contributed by atoms with Crippen molar-refractivity contribution in [3.8, 4) is 5.75 Å². The molecule has 0 saturated carbocycles. The van der Waals surface area contributed by atoms with Gasteiger partial charge in [0.25, 0.3) is 5.56 Å². The van der Waals surface area contributed by atoms with E-state index in [0.717, 1.165) is 16.0 Å². The highest BCUT2D eigenvalue weighted by atomic mass is 32.1. The van der Waals surface area contributed by atoms with Crippen molar-refractivity contribution in [2.24, 2.45) is 5.10 Å². The maximum Gasteiger partial charge on any atom is 0.379 e. The Morgan fingerprint density at radius 3 is 2.69 bits per heavy atom. The summed E-state index contributed by atoms with van der Waals surface area (Å²) in [6.45, 7) is 3.65. The first-order valence-electron chi connectivity index (χ1n) is 9.56. The fourth-order valence-electron chi connectivity index (χ4n) is 2.89. The summed E-state index contributed by atoms with van der Waals surface area (Å²) in [5.74, 6) is -0.636. The van der Waals surface area contributed by atoms with E-state index in [0.29, 0.717) is 32.0 Å². The van der Waals surface area contributed by atoms with Gasteiger partial charge in [-0.1, -0.05) is 0 Å². The van der Waals surface area contributed by atoms with Crippen LogP contribution in [0.3, 0.4) is 0 Å². The van der Waals surface area contributed by atoms with E-state index in [1.165, 1.54) is 24.9 Å². The molecule has 0 atom stereocenters. The fourth-order valence-corrected chi connectivity index (χ4v) is 3.92. The van der Waals surface area contributed by atoms with E-state index in [-0.39, 0.29) is 17.9 Å². The minimum absolute atomic E-state index is 0.104. The molecule has 0 fully saturated rings. The predicted molar refractivity (Wildman–Crippen MR) is 118 cm³/mol. The molecule has 1 aromatic carbocycles. The van der Waals surface area contributed by atoms with Crippen LogP contribution in [0.4, 0.5) is 0 Å². The zero-order valence-electron chi connectivity index (χ0n) is 17.1. The van der Waals surface area contributed by atoms with Gasteiger partial charge in [-0.3, -0.25) is 4.79 Å². The smallest absolute Gasteiger partial charge is 0.379 e. The van der Waals surface area contributed by atoms with Crippen molar-refractivity contribution in [1.29, 1.82) is 0 Å². The average Bonchev–Trinajstić information content (AvgIpc) is 3.43. The predicted octanol–water partition coefficient (Wildman–Crippen LogP) is 3.64. The van der Waals surface area contributed by atoms with Crippen LogP contribution >= 0.6 is 11.3 Å². The molecule has 32 heavy (non-hydrogen) atoms. The van der Waals surface area contributed by atoms with Gasteiger partial charge in [0.05, 0.1) is 24.5 Å². The van der Waals surface area contributed by atoms with Gasteiger partial charge in [0, 0.05) is 0 Å². The number of rotatable bonds is 6. The molecule has 3 heterocycles. The Labute approximate surface area is 185 Å². The van der Waals surface area contributed by atoms with Crippen LogP contribution in [0.2, 0.25) is 0 Å². The highest BCUT2D eigenvalue weighted by molar-refractivity contribution is 7.20. The number of ether oxygens (including phenoxy) is 2. The van der Waals surface area contributed by atoms with Gasteiger partial charge in [0.1, 0.15) is 21.8 Å². The molecular weight excluding hydrogens is 434 g/mol. The van der Waals surface area contributed by atoms with Crippen molar-refractivity contribution in [3.05, 3.63) is 81.1 Å². The number of hydrogen-bond acceptors (Lipinski definition) is 9. The summed E-state index contributed by atoms with van der Waals surface area (Å²) < 4.78 is 16.3. The molecule has 0 unspecified atom stereocenters. The fraction of sp³-hybridized carbons (Fsp3) is 0.136. The molecule has 9 nitrogen and oxygen atoms in total. The molecule has 0 amide bonds. The highest BCUT2D eigenvalue weighted by Gasteiger charge is 2.20. The van der Waals surface area contributed by atoms with Crippen molar-refractivity contribution < 1.29 is 23.5 Å². The highest BCUT2D eigenvalue weighted by Crippen LogP contribution is 2.27. The Balaban J connectivity index is 1.54. The minimum atomic E-state index is -0.601. The number of furan rings is 1. The van der Waals surface area contributed by atoms with Crippen molar-refractivity contribution in [1.82, 2.24) is 9.66 Å². The van der Waals surface area contributed by atoms with Crippen LogP contribution in [0.1, 0.15) is 38.3 Å².